The summed E-state index contributed by atoms with van der Waals surface area (Å²) in [5, 5.41) is 3.46. The van der Waals surface area contributed by atoms with Gasteiger partial charge in [0, 0.05) is 59.3 Å². The van der Waals surface area contributed by atoms with Crippen molar-refractivity contribution in [3.63, 3.8) is 0 Å². The van der Waals surface area contributed by atoms with E-state index in [1.165, 1.54) is 11.1 Å². The fraction of sp³-hybridized carbons (Fsp3) is 0.421. The van der Waals surface area contributed by atoms with Crippen LogP contribution >= 0.6 is 24.0 Å². The van der Waals surface area contributed by atoms with Gasteiger partial charge < -0.3 is 19.9 Å². The van der Waals surface area contributed by atoms with Crippen molar-refractivity contribution in [2.24, 2.45) is 4.99 Å². The summed E-state index contributed by atoms with van der Waals surface area (Å²) in [7, 11) is 3.54. The smallest absolute Gasteiger partial charge is 0.225 e. The van der Waals surface area contributed by atoms with Crippen molar-refractivity contribution in [3.05, 3.63) is 53.9 Å². The number of hydrogen-bond acceptors (Lipinski definition) is 5. The largest absolute Gasteiger partial charge is 0.380 e. The van der Waals surface area contributed by atoms with Crippen LogP contribution in [0.2, 0.25) is 0 Å². The van der Waals surface area contributed by atoms with Gasteiger partial charge in [-0.05, 0) is 17.2 Å². The van der Waals surface area contributed by atoms with Crippen molar-refractivity contribution in [3.8, 4) is 0 Å². The molecule has 1 N–H and O–H groups in total. The quantitative estimate of drug-likeness (QED) is 0.401. The van der Waals surface area contributed by atoms with Gasteiger partial charge in [-0.25, -0.2) is 9.97 Å². The van der Waals surface area contributed by atoms with E-state index in [1.54, 1.807) is 19.5 Å². The number of aliphatic imine (C=N–C) groups is 1. The Morgan fingerprint density at radius 3 is 2.30 bits per heavy atom. The SMILES string of the molecule is CN=C(NCc1ccc(COC)cc1)N1CCN(c2ncccn2)CC1.I. The Hall–Kier alpha value is -1.94. The normalized spacial score (nSPS) is 14.7. The van der Waals surface area contributed by atoms with E-state index in [4.69, 9.17) is 4.74 Å². The summed E-state index contributed by atoms with van der Waals surface area (Å²) in [5.74, 6) is 1.73. The number of hydrogen-bond donors (Lipinski definition) is 1. The van der Waals surface area contributed by atoms with Gasteiger partial charge in [-0.2, -0.15) is 0 Å². The van der Waals surface area contributed by atoms with Crippen LogP contribution in [0.1, 0.15) is 11.1 Å². The standard InChI is InChI=1S/C19H26N6O.HI/c1-20-18(23-14-16-4-6-17(7-5-16)15-26-2)24-10-12-25(13-11-24)19-21-8-3-9-22-19;/h3-9H,10-15H2,1-2H3,(H,20,23);1H. The third-order valence-corrected chi connectivity index (χ3v) is 4.41. The Kier molecular flexibility index (Phi) is 8.73. The lowest BCUT2D eigenvalue weighted by atomic mass is 10.1. The highest BCUT2D eigenvalue weighted by molar-refractivity contribution is 14.0. The predicted octanol–water partition coefficient (Wildman–Crippen LogP) is 2.14. The van der Waals surface area contributed by atoms with Crippen molar-refractivity contribution >= 4 is 35.9 Å². The predicted molar refractivity (Wildman–Crippen MR) is 119 cm³/mol. The van der Waals surface area contributed by atoms with Crippen LogP contribution in [0.15, 0.2) is 47.7 Å². The Morgan fingerprint density at radius 2 is 1.70 bits per heavy atom. The summed E-state index contributed by atoms with van der Waals surface area (Å²) in [5.41, 5.74) is 2.40. The van der Waals surface area contributed by atoms with Crippen LogP contribution < -0.4 is 10.2 Å². The van der Waals surface area contributed by atoms with Crippen molar-refractivity contribution in [2.45, 2.75) is 13.2 Å². The molecule has 27 heavy (non-hydrogen) atoms. The van der Waals surface area contributed by atoms with Crippen LogP contribution in [0.5, 0.6) is 0 Å². The average Bonchev–Trinajstić information content (AvgIpc) is 2.71. The Bertz CT molecular complexity index is 702. The first-order chi connectivity index (χ1) is 12.8. The van der Waals surface area contributed by atoms with Crippen LogP contribution in [-0.4, -0.2) is 61.2 Å². The molecule has 0 atom stereocenters. The molecule has 0 radical (unpaired) electrons. The Labute approximate surface area is 177 Å². The van der Waals surface area contributed by atoms with Crippen LogP contribution in [0.3, 0.4) is 0 Å². The Balaban J connectivity index is 0.00000261. The summed E-state index contributed by atoms with van der Waals surface area (Å²) in [6.45, 7) is 4.95. The van der Waals surface area contributed by atoms with E-state index < -0.39 is 0 Å². The lowest BCUT2D eigenvalue weighted by Crippen LogP contribution is -2.52. The highest BCUT2D eigenvalue weighted by Gasteiger charge is 2.20. The molecule has 1 aromatic heterocycles. The monoisotopic (exact) mass is 482 g/mol. The molecular weight excluding hydrogens is 455 g/mol. The Morgan fingerprint density at radius 1 is 1.07 bits per heavy atom. The number of nitrogens with one attached hydrogen (secondary N) is 1. The minimum absolute atomic E-state index is 0. The summed E-state index contributed by atoms with van der Waals surface area (Å²) in [4.78, 5) is 17.6. The van der Waals surface area contributed by atoms with Crippen molar-refractivity contribution < 1.29 is 4.74 Å². The molecule has 0 aliphatic carbocycles. The molecule has 0 bridgehead atoms. The van der Waals surface area contributed by atoms with Gasteiger partial charge in [0.25, 0.3) is 0 Å². The molecule has 3 rings (SSSR count). The minimum Gasteiger partial charge on any atom is -0.380 e. The van der Waals surface area contributed by atoms with Gasteiger partial charge >= 0.3 is 0 Å². The number of aromatic nitrogens is 2. The molecule has 0 saturated carbocycles. The van der Waals surface area contributed by atoms with Gasteiger partial charge in [0.05, 0.1) is 6.61 Å². The maximum Gasteiger partial charge on any atom is 0.225 e. The zero-order valence-corrected chi connectivity index (χ0v) is 18.2. The maximum atomic E-state index is 5.15. The summed E-state index contributed by atoms with van der Waals surface area (Å²) >= 11 is 0. The lowest BCUT2D eigenvalue weighted by Gasteiger charge is -2.36. The van der Waals surface area contributed by atoms with E-state index in [-0.39, 0.29) is 24.0 Å². The molecule has 0 spiro atoms. The fourth-order valence-corrected chi connectivity index (χ4v) is 3.01. The molecule has 1 aliphatic heterocycles. The average molecular weight is 482 g/mol. The van der Waals surface area contributed by atoms with E-state index in [9.17, 15) is 0 Å². The second kappa shape index (κ2) is 11.0. The summed E-state index contributed by atoms with van der Waals surface area (Å²) < 4.78 is 5.15. The maximum absolute atomic E-state index is 5.15. The molecular formula is C19H27IN6O. The van der Waals surface area contributed by atoms with Crippen LogP contribution in [0.25, 0.3) is 0 Å². The number of halogens is 1. The second-order valence-corrected chi connectivity index (χ2v) is 6.17. The molecule has 8 heteroatoms. The number of ether oxygens (including phenoxy) is 1. The molecule has 2 heterocycles. The van der Waals surface area contributed by atoms with Gasteiger partial charge in [-0.1, -0.05) is 24.3 Å². The minimum atomic E-state index is 0. The molecule has 7 nitrogen and oxygen atoms in total. The third-order valence-electron chi connectivity index (χ3n) is 4.41. The topological polar surface area (TPSA) is 65.9 Å². The first-order valence-corrected chi connectivity index (χ1v) is 8.84. The van der Waals surface area contributed by atoms with Gasteiger partial charge in [0.15, 0.2) is 5.96 Å². The first-order valence-electron chi connectivity index (χ1n) is 8.84. The number of methoxy groups -OCH3 is 1. The molecule has 0 unspecified atom stereocenters. The van der Waals surface area contributed by atoms with Gasteiger partial charge in [0.1, 0.15) is 0 Å². The number of rotatable bonds is 5. The first kappa shape index (κ1) is 21.4. The van der Waals surface area contributed by atoms with Gasteiger partial charge in [-0.15, -0.1) is 24.0 Å². The van der Waals surface area contributed by atoms with Gasteiger partial charge in [-0.3, -0.25) is 4.99 Å². The fourth-order valence-electron chi connectivity index (χ4n) is 3.01. The molecule has 1 aromatic carbocycles. The van der Waals surface area contributed by atoms with Crippen molar-refractivity contribution in [1.82, 2.24) is 20.2 Å². The third kappa shape index (κ3) is 6.03. The highest BCUT2D eigenvalue weighted by atomic mass is 127. The molecule has 0 amide bonds. The lowest BCUT2D eigenvalue weighted by molar-refractivity contribution is 0.185. The van der Waals surface area contributed by atoms with Gasteiger partial charge in [0.2, 0.25) is 5.95 Å². The number of piperazine rings is 1. The molecule has 1 saturated heterocycles. The zero-order valence-electron chi connectivity index (χ0n) is 15.8. The van der Waals surface area contributed by atoms with E-state index in [0.717, 1.165) is 44.6 Å². The van der Waals surface area contributed by atoms with E-state index in [1.807, 2.05) is 13.1 Å². The van der Waals surface area contributed by atoms with E-state index in [0.29, 0.717) is 6.61 Å². The number of nitrogens with zero attached hydrogens (tertiary/aromatic N) is 5. The number of benzene rings is 1. The molecule has 146 valence electrons. The molecule has 2 aromatic rings. The van der Waals surface area contributed by atoms with Crippen LogP contribution in [0, 0.1) is 0 Å². The molecule has 1 aliphatic rings. The van der Waals surface area contributed by atoms with E-state index >= 15 is 0 Å². The van der Waals surface area contributed by atoms with Crippen LogP contribution in [-0.2, 0) is 17.9 Å². The van der Waals surface area contributed by atoms with Crippen molar-refractivity contribution in [2.75, 3.05) is 45.2 Å². The highest BCUT2D eigenvalue weighted by Crippen LogP contribution is 2.10. The summed E-state index contributed by atoms with van der Waals surface area (Å²) in [6.07, 6.45) is 3.57. The second-order valence-electron chi connectivity index (χ2n) is 6.17. The number of anilines is 1. The zero-order chi connectivity index (χ0) is 18.2. The number of guanidine groups is 1. The van der Waals surface area contributed by atoms with Crippen molar-refractivity contribution in [1.29, 1.82) is 0 Å². The van der Waals surface area contributed by atoms with E-state index in [2.05, 4.69) is 54.3 Å². The summed E-state index contributed by atoms with van der Waals surface area (Å²) in [6, 6.07) is 10.3. The van der Waals surface area contributed by atoms with Crippen LogP contribution in [0.4, 0.5) is 5.95 Å². The molecule has 1 fully saturated rings.